The van der Waals surface area contributed by atoms with Gasteiger partial charge in [-0.15, -0.1) is 0 Å². The van der Waals surface area contributed by atoms with Crippen LogP contribution in [-0.2, 0) is 5.41 Å². The summed E-state index contributed by atoms with van der Waals surface area (Å²) in [4.78, 5) is 0. The van der Waals surface area contributed by atoms with Crippen molar-refractivity contribution in [1.29, 1.82) is 0 Å². The van der Waals surface area contributed by atoms with Crippen molar-refractivity contribution in [2.24, 2.45) is 0 Å². The first-order valence-electron chi connectivity index (χ1n) is 6.95. The van der Waals surface area contributed by atoms with Crippen LogP contribution < -0.4 is 5.32 Å². The quantitative estimate of drug-likeness (QED) is 0.842. The summed E-state index contributed by atoms with van der Waals surface area (Å²) >= 11 is 5.96. The Hall–Kier alpha value is -1.31. The molecule has 0 amide bonds. The lowest BCUT2D eigenvalue weighted by Gasteiger charge is -2.22. The zero-order valence-electron chi connectivity index (χ0n) is 12.6. The highest BCUT2D eigenvalue weighted by molar-refractivity contribution is 6.30. The molecule has 1 nitrogen and oxygen atoms in total. The molecule has 0 saturated carbocycles. The summed E-state index contributed by atoms with van der Waals surface area (Å²) in [5, 5.41) is 4.14. The second kappa shape index (κ2) is 5.99. The average molecular weight is 288 g/mol. The Morgan fingerprint density at radius 1 is 0.850 bits per heavy atom. The molecule has 0 heterocycles. The van der Waals surface area contributed by atoms with E-state index in [1.54, 1.807) is 0 Å². The molecule has 2 aromatic rings. The van der Waals surface area contributed by atoms with Crippen LogP contribution in [0.1, 0.15) is 43.5 Å². The Bertz CT molecular complexity index is 549. The SMILES string of the molecule is CNC(c1ccc(Cl)cc1)c1ccc(C(C)(C)C)cc1. The van der Waals surface area contributed by atoms with E-state index < -0.39 is 0 Å². The van der Waals surface area contributed by atoms with E-state index in [2.05, 4.69) is 62.5 Å². The van der Waals surface area contributed by atoms with Crippen molar-refractivity contribution >= 4 is 11.6 Å². The largest absolute Gasteiger partial charge is 0.309 e. The molecular formula is C18H22ClN. The van der Waals surface area contributed by atoms with E-state index in [1.165, 1.54) is 16.7 Å². The number of halogens is 1. The smallest absolute Gasteiger partial charge is 0.0574 e. The highest BCUT2D eigenvalue weighted by atomic mass is 35.5. The third-order valence-electron chi connectivity index (χ3n) is 3.60. The summed E-state index contributed by atoms with van der Waals surface area (Å²) in [5.41, 5.74) is 4.03. The maximum atomic E-state index is 5.96. The lowest BCUT2D eigenvalue weighted by atomic mass is 9.86. The normalized spacial score (nSPS) is 13.2. The van der Waals surface area contributed by atoms with Gasteiger partial charge in [0.2, 0.25) is 0 Å². The zero-order valence-corrected chi connectivity index (χ0v) is 13.3. The van der Waals surface area contributed by atoms with Gasteiger partial charge < -0.3 is 5.32 Å². The summed E-state index contributed by atoms with van der Waals surface area (Å²) in [7, 11) is 1.98. The van der Waals surface area contributed by atoms with Gasteiger partial charge >= 0.3 is 0 Å². The molecule has 0 saturated heterocycles. The monoisotopic (exact) mass is 287 g/mol. The molecule has 20 heavy (non-hydrogen) atoms. The summed E-state index contributed by atoms with van der Waals surface area (Å²) in [6.45, 7) is 6.70. The molecule has 0 fully saturated rings. The number of benzene rings is 2. The third-order valence-corrected chi connectivity index (χ3v) is 3.85. The predicted molar refractivity (Wildman–Crippen MR) is 87.5 cm³/mol. The summed E-state index contributed by atoms with van der Waals surface area (Å²) in [5.74, 6) is 0. The fourth-order valence-corrected chi connectivity index (χ4v) is 2.48. The van der Waals surface area contributed by atoms with Gasteiger partial charge in [0, 0.05) is 5.02 Å². The van der Waals surface area contributed by atoms with Crippen LogP contribution in [0.15, 0.2) is 48.5 Å². The molecule has 0 bridgehead atoms. The molecule has 106 valence electrons. The van der Waals surface area contributed by atoms with Crippen molar-refractivity contribution < 1.29 is 0 Å². The molecule has 0 aromatic heterocycles. The molecule has 0 spiro atoms. The molecule has 2 heteroatoms. The average Bonchev–Trinajstić information content (AvgIpc) is 2.41. The van der Waals surface area contributed by atoms with Crippen LogP contribution in [0.2, 0.25) is 5.02 Å². The highest BCUT2D eigenvalue weighted by Crippen LogP contribution is 2.27. The first kappa shape index (κ1) is 15.1. The number of nitrogens with one attached hydrogen (secondary N) is 1. The summed E-state index contributed by atoms with van der Waals surface area (Å²) < 4.78 is 0. The van der Waals surface area contributed by atoms with Crippen LogP contribution in [0.25, 0.3) is 0 Å². The standard InChI is InChI=1S/C18H22ClN/c1-18(2,3)15-9-5-13(6-10-15)17(20-4)14-7-11-16(19)12-8-14/h5-12,17,20H,1-4H3. The van der Waals surface area contributed by atoms with Crippen molar-refractivity contribution in [3.05, 3.63) is 70.2 Å². The second-order valence-electron chi connectivity index (χ2n) is 6.15. The minimum atomic E-state index is 0.188. The van der Waals surface area contributed by atoms with Gasteiger partial charge in [0.15, 0.2) is 0 Å². The fraction of sp³-hybridized carbons (Fsp3) is 0.333. The first-order valence-corrected chi connectivity index (χ1v) is 7.33. The van der Waals surface area contributed by atoms with Crippen LogP contribution in [0.4, 0.5) is 0 Å². The van der Waals surface area contributed by atoms with Crippen LogP contribution in [0, 0.1) is 0 Å². The van der Waals surface area contributed by atoms with Crippen LogP contribution in [0.5, 0.6) is 0 Å². The number of rotatable bonds is 3. The Kier molecular flexibility index (Phi) is 4.52. The van der Waals surface area contributed by atoms with Crippen molar-refractivity contribution in [1.82, 2.24) is 5.32 Å². The highest BCUT2D eigenvalue weighted by Gasteiger charge is 2.15. The maximum absolute atomic E-state index is 5.96. The first-order chi connectivity index (χ1) is 9.41. The summed E-state index contributed by atoms with van der Waals surface area (Å²) in [6.07, 6.45) is 0. The van der Waals surface area contributed by atoms with E-state index in [4.69, 9.17) is 11.6 Å². The summed E-state index contributed by atoms with van der Waals surface area (Å²) in [6, 6.07) is 17.1. The van der Waals surface area contributed by atoms with Crippen molar-refractivity contribution in [2.45, 2.75) is 32.2 Å². The predicted octanol–water partition coefficient (Wildman–Crippen LogP) is 4.95. The Morgan fingerprint density at radius 2 is 1.30 bits per heavy atom. The minimum absolute atomic E-state index is 0.188. The van der Waals surface area contributed by atoms with E-state index in [-0.39, 0.29) is 11.5 Å². The lowest BCUT2D eigenvalue weighted by Crippen LogP contribution is -2.18. The Balaban J connectivity index is 2.30. The molecule has 2 aromatic carbocycles. The Labute approximate surface area is 127 Å². The van der Waals surface area contributed by atoms with Crippen LogP contribution >= 0.6 is 11.6 Å². The minimum Gasteiger partial charge on any atom is -0.309 e. The van der Waals surface area contributed by atoms with Gasteiger partial charge in [0.05, 0.1) is 6.04 Å². The lowest BCUT2D eigenvalue weighted by molar-refractivity contribution is 0.589. The Morgan fingerprint density at radius 3 is 1.70 bits per heavy atom. The van der Waals surface area contributed by atoms with Gasteiger partial charge in [-0.1, -0.05) is 68.8 Å². The van der Waals surface area contributed by atoms with E-state index in [0.29, 0.717) is 0 Å². The number of hydrogen-bond donors (Lipinski definition) is 1. The van der Waals surface area contributed by atoms with Gasteiger partial charge in [-0.3, -0.25) is 0 Å². The molecular weight excluding hydrogens is 266 g/mol. The van der Waals surface area contributed by atoms with E-state index in [0.717, 1.165) is 5.02 Å². The van der Waals surface area contributed by atoms with Crippen LogP contribution in [-0.4, -0.2) is 7.05 Å². The van der Waals surface area contributed by atoms with Gasteiger partial charge in [-0.25, -0.2) is 0 Å². The molecule has 0 aliphatic heterocycles. The maximum Gasteiger partial charge on any atom is 0.0574 e. The topological polar surface area (TPSA) is 12.0 Å². The molecule has 1 N–H and O–H groups in total. The molecule has 0 aliphatic rings. The zero-order chi connectivity index (χ0) is 14.8. The van der Waals surface area contributed by atoms with Gasteiger partial charge in [-0.2, -0.15) is 0 Å². The van der Waals surface area contributed by atoms with E-state index in [9.17, 15) is 0 Å². The van der Waals surface area contributed by atoms with Gasteiger partial charge in [0.1, 0.15) is 0 Å². The second-order valence-corrected chi connectivity index (χ2v) is 6.58. The molecule has 0 aliphatic carbocycles. The van der Waals surface area contributed by atoms with Crippen molar-refractivity contribution in [2.75, 3.05) is 7.05 Å². The van der Waals surface area contributed by atoms with Crippen LogP contribution in [0.3, 0.4) is 0 Å². The number of hydrogen-bond acceptors (Lipinski definition) is 1. The van der Waals surface area contributed by atoms with E-state index in [1.807, 2.05) is 19.2 Å². The van der Waals surface area contributed by atoms with E-state index >= 15 is 0 Å². The fourth-order valence-electron chi connectivity index (χ4n) is 2.36. The third kappa shape index (κ3) is 3.41. The van der Waals surface area contributed by atoms with Crippen molar-refractivity contribution in [3.63, 3.8) is 0 Å². The van der Waals surface area contributed by atoms with Crippen molar-refractivity contribution in [3.8, 4) is 0 Å². The molecule has 1 atom stereocenters. The molecule has 1 unspecified atom stereocenters. The molecule has 0 radical (unpaired) electrons. The van der Waals surface area contributed by atoms with Gasteiger partial charge in [-0.05, 0) is 41.3 Å². The molecule has 2 rings (SSSR count). The van der Waals surface area contributed by atoms with Gasteiger partial charge in [0.25, 0.3) is 0 Å².